The summed E-state index contributed by atoms with van der Waals surface area (Å²) in [6, 6.07) is 5.43. The van der Waals surface area contributed by atoms with Crippen LogP contribution in [0.15, 0.2) is 23.0 Å². The zero-order valence-electron chi connectivity index (χ0n) is 11.8. The van der Waals surface area contributed by atoms with Gasteiger partial charge in [0, 0.05) is 0 Å². The number of hydrogen-bond acceptors (Lipinski definition) is 6. The average Bonchev–Trinajstić information content (AvgIpc) is 3.06. The van der Waals surface area contributed by atoms with Crippen molar-refractivity contribution in [3.63, 3.8) is 0 Å². The third-order valence-corrected chi connectivity index (χ3v) is 3.87. The maximum Gasteiger partial charge on any atom is 0.333 e. The molecule has 0 amide bonds. The minimum atomic E-state index is -0.477. The van der Waals surface area contributed by atoms with E-state index in [0.29, 0.717) is 27.3 Å². The van der Waals surface area contributed by atoms with Gasteiger partial charge >= 0.3 is 5.97 Å². The molecule has 0 spiro atoms. The Morgan fingerprint density at radius 1 is 1.41 bits per heavy atom. The lowest BCUT2D eigenvalue weighted by molar-refractivity contribution is -0.135. The van der Waals surface area contributed by atoms with Gasteiger partial charge in [0.25, 0.3) is 5.56 Å². The van der Waals surface area contributed by atoms with Gasteiger partial charge in [-0.25, -0.2) is 4.79 Å². The number of carbonyl (C=O) groups excluding carboxylic acids is 1. The molecular weight excluding hydrogens is 306 g/mol. The van der Waals surface area contributed by atoms with Crippen molar-refractivity contribution in [2.45, 2.75) is 6.92 Å². The van der Waals surface area contributed by atoms with Gasteiger partial charge in [-0.3, -0.25) is 4.79 Å². The molecule has 0 fully saturated rings. The molecule has 2 aromatic rings. The topological polar surface area (TPSA) is 77.6 Å². The Hall–Kier alpha value is -2.54. The van der Waals surface area contributed by atoms with Gasteiger partial charge in [-0.1, -0.05) is 6.07 Å². The lowest BCUT2D eigenvalue weighted by Gasteiger charge is -1.96. The Bertz CT molecular complexity index is 880. The molecule has 0 unspecified atom stereocenters. The Labute approximate surface area is 129 Å². The number of aromatic amines is 1. The van der Waals surface area contributed by atoms with Gasteiger partial charge in [0.1, 0.15) is 4.66 Å². The molecule has 7 heteroatoms. The molecule has 6 nitrogen and oxygen atoms in total. The second-order valence-electron chi connectivity index (χ2n) is 4.44. The summed E-state index contributed by atoms with van der Waals surface area (Å²) in [5.74, 6) is 0.864. The van der Waals surface area contributed by atoms with Crippen molar-refractivity contribution in [2.24, 2.45) is 0 Å². The molecule has 3 rings (SSSR count). The second kappa shape index (κ2) is 6.07. The maximum atomic E-state index is 11.9. The van der Waals surface area contributed by atoms with E-state index in [4.69, 9.17) is 14.2 Å². The molecule has 1 aliphatic heterocycles. The van der Waals surface area contributed by atoms with Crippen molar-refractivity contribution in [1.82, 2.24) is 4.98 Å². The van der Waals surface area contributed by atoms with E-state index in [9.17, 15) is 9.59 Å². The lowest BCUT2D eigenvalue weighted by atomic mass is 10.2. The standard InChI is InChI=1S/C15H13NO5S/c1-2-19-14(17)7-13-16-15(18)12(22-13)6-9-3-4-10-11(5-9)21-8-20-10/h3-7H,2,8H2,1H3,(H,16,18). The first-order valence-corrected chi connectivity index (χ1v) is 7.46. The Morgan fingerprint density at radius 2 is 2.23 bits per heavy atom. The summed E-state index contributed by atoms with van der Waals surface area (Å²) >= 11 is 1.19. The van der Waals surface area contributed by atoms with Crippen LogP contribution in [0.5, 0.6) is 11.5 Å². The van der Waals surface area contributed by atoms with Crippen LogP contribution >= 0.6 is 11.3 Å². The second-order valence-corrected chi connectivity index (χ2v) is 5.52. The van der Waals surface area contributed by atoms with Gasteiger partial charge in [-0.15, -0.1) is 11.3 Å². The lowest BCUT2D eigenvalue weighted by Crippen LogP contribution is -2.20. The molecule has 114 valence electrons. The van der Waals surface area contributed by atoms with E-state index in [1.165, 1.54) is 17.4 Å². The molecular formula is C15H13NO5S. The zero-order valence-corrected chi connectivity index (χ0v) is 12.6. The summed E-state index contributed by atoms with van der Waals surface area (Å²) < 4.78 is 16.3. The number of aromatic nitrogens is 1. The third-order valence-electron chi connectivity index (χ3n) is 2.91. The Morgan fingerprint density at radius 3 is 3.05 bits per heavy atom. The molecule has 2 heterocycles. The highest BCUT2D eigenvalue weighted by Gasteiger charge is 2.12. The summed E-state index contributed by atoms with van der Waals surface area (Å²) in [5.41, 5.74) is 0.567. The first kappa shape index (κ1) is 14.4. The number of benzene rings is 1. The van der Waals surface area contributed by atoms with E-state index >= 15 is 0 Å². The van der Waals surface area contributed by atoms with E-state index in [1.807, 2.05) is 6.07 Å². The van der Waals surface area contributed by atoms with Crippen LogP contribution in [0, 0.1) is 0 Å². The monoisotopic (exact) mass is 319 g/mol. The molecule has 0 saturated carbocycles. The van der Waals surface area contributed by atoms with Crippen LogP contribution in [-0.4, -0.2) is 24.4 Å². The average molecular weight is 319 g/mol. The molecule has 1 aliphatic rings. The fraction of sp³-hybridized carbons (Fsp3) is 0.200. The molecule has 1 aromatic carbocycles. The molecule has 1 aromatic heterocycles. The number of ether oxygens (including phenoxy) is 3. The van der Waals surface area contributed by atoms with E-state index in [-0.39, 0.29) is 12.4 Å². The molecule has 1 N–H and O–H groups in total. The quantitative estimate of drug-likeness (QED) is 0.826. The van der Waals surface area contributed by atoms with E-state index < -0.39 is 5.97 Å². The molecule has 0 atom stereocenters. The SMILES string of the molecule is CCOC(=O)C=c1[nH]c(=O)c(=Cc2ccc3c(c2)OCO3)s1. The van der Waals surface area contributed by atoms with Crippen molar-refractivity contribution >= 4 is 29.5 Å². The highest BCUT2D eigenvalue weighted by Crippen LogP contribution is 2.32. The summed E-state index contributed by atoms with van der Waals surface area (Å²) in [6.07, 6.45) is 3.00. The predicted octanol–water partition coefficient (Wildman–Crippen LogP) is 0.338. The first-order valence-electron chi connectivity index (χ1n) is 6.64. The molecule has 0 aliphatic carbocycles. The van der Waals surface area contributed by atoms with Crippen molar-refractivity contribution in [3.8, 4) is 11.5 Å². The van der Waals surface area contributed by atoms with Crippen molar-refractivity contribution in [1.29, 1.82) is 0 Å². The highest BCUT2D eigenvalue weighted by atomic mass is 32.1. The van der Waals surface area contributed by atoms with E-state index in [1.54, 1.807) is 25.1 Å². The third kappa shape index (κ3) is 3.04. The van der Waals surface area contributed by atoms with Crippen LogP contribution in [0.25, 0.3) is 12.2 Å². The van der Waals surface area contributed by atoms with Gasteiger partial charge in [0.15, 0.2) is 11.5 Å². The minimum Gasteiger partial charge on any atom is -0.463 e. The summed E-state index contributed by atoms with van der Waals surface area (Å²) in [6.45, 7) is 2.22. The van der Waals surface area contributed by atoms with Crippen LogP contribution in [0.3, 0.4) is 0 Å². The van der Waals surface area contributed by atoms with Crippen molar-refractivity contribution < 1.29 is 19.0 Å². The van der Waals surface area contributed by atoms with Crippen molar-refractivity contribution in [2.75, 3.05) is 13.4 Å². The number of hydrogen-bond donors (Lipinski definition) is 1. The fourth-order valence-electron chi connectivity index (χ4n) is 1.97. The minimum absolute atomic E-state index is 0.205. The maximum absolute atomic E-state index is 11.9. The number of esters is 1. The smallest absolute Gasteiger partial charge is 0.333 e. The van der Waals surface area contributed by atoms with Gasteiger partial charge in [0.2, 0.25) is 6.79 Å². The van der Waals surface area contributed by atoms with Gasteiger partial charge in [0.05, 0.1) is 17.2 Å². The number of thiazole rings is 1. The van der Waals surface area contributed by atoms with Gasteiger partial charge < -0.3 is 19.2 Å². The summed E-state index contributed by atoms with van der Waals surface area (Å²) in [7, 11) is 0. The van der Waals surface area contributed by atoms with Gasteiger partial charge in [-0.05, 0) is 30.7 Å². The normalized spacial score (nSPS) is 14.4. The molecule has 0 bridgehead atoms. The molecule has 0 saturated heterocycles. The summed E-state index contributed by atoms with van der Waals surface area (Å²) in [5, 5.41) is 0. The number of fused-ring (bicyclic) bond motifs is 1. The van der Waals surface area contributed by atoms with Crippen LogP contribution in [0.1, 0.15) is 12.5 Å². The largest absolute Gasteiger partial charge is 0.463 e. The number of rotatable bonds is 3. The predicted molar refractivity (Wildman–Crippen MR) is 81.4 cm³/mol. The van der Waals surface area contributed by atoms with Crippen LogP contribution in [-0.2, 0) is 9.53 Å². The number of nitrogens with one attached hydrogen (secondary N) is 1. The first-order chi connectivity index (χ1) is 10.7. The van der Waals surface area contributed by atoms with Gasteiger partial charge in [-0.2, -0.15) is 0 Å². The van der Waals surface area contributed by atoms with E-state index in [0.717, 1.165) is 5.56 Å². The van der Waals surface area contributed by atoms with Crippen LogP contribution in [0.2, 0.25) is 0 Å². The highest BCUT2D eigenvalue weighted by molar-refractivity contribution is 7.07. The Balaban J connectivity index is 1.97. The molecule has 22 heavy (non-hydrogen) atoms. The fourth-order valence-corrected chi connectivity index (χ4v) is 2.84. The Kier molecular flexibility index (Phi) is 3.97. The summed E-state index contributed by atoms with van der Waals surface area (Å²) in [4.78, 5) is 25.9. The number of H-pyrrole nitrogens is 1. The van der Waals surface area contributed by atoms with Crippen molar-refractivity contribution in [3.05, 3.63) is 43.3 Å². The number of carbonyl (C=O) groups is 1. The van der Waals surface area contributed by atoms with Crippen LogP contribution < -0.4 is 24.2 Å². The van der Waals surface area contributed by atoms with Crippen LogP contribution in [0.4, 0.5) is 0 Å². The molecule has 0 radical (unpaired) electrons. The zero-order chi connectivity index (χ0) is 15.5. The van der Waals surface area contributed by atoms with E-state index in [2.05, 4.69) is 4.98 Å².